The average molecular weight is 238 g/mol. The number of hydrogen-bond donors (Lipinski definition) is 1. The predicted molar refractivity (Wildman–Crippen MR) is 65.1 cm³/mol. The highest BCUT2D eigenvalue weighted by molar-refractivity contribution is 5.87. The first kappa shape index (κ1) is 11.8. The summed E-state index contributed by atoms with van der Waals surface area (Å²) in [5.74, 6) is -1.55. The molecule has 4 heteroatoms. The first-order valence-electron chi connectivity index (χ1n) is 5.35. The molecule has 0 fully saturated rings. The summed E-state index contributed by atoms with van der Waals surface area (Å²) in [6, 6.07) is 12.9. The zero-order valence-corrected chi connectivity index (χ0v) is 9.45. The van der Waals surface area contributed by atoms with Crippen LogP contribution in [0.25, 0.3) is 0 Å². The third kappa shape index (κ3) is 2.36. The number of hydrogen-bond acceptors (Lipinski definition) is 3. The Balaban J connectivity index is 2.44. The lowest BCUT2D eigenvalue weighted by Gasteiger charge is -2.09. The van der Waals surface area contributed by atoms with Crippen molar-refractivity contribution in [1.82, 2.24) is 4.98 Å². The molecule has 1 unspecified atom stereocenters. The van der Waals surface area contributed by atoms with Crippen LogP contribution in [0.1, 0.15) is 27.4 Å². The van der Waals surface area contributed by atoms with E-state index in [1.165, 1.54) is 18.5 Å². The maximum atomic E-state index is 10.9. The van der Waals surface area contributed by atoms with Crippen molar-refractivity contribution >= 4 is 5.97 Å². The van der Waals surface area contributed by atoms with E-state index in [2.05, 4.69) is 11.1 Å². The largest absolute Gasteiger partial charge is 0.478 e. The van der Waals surface area contributed by atoms with E-state index in [1.54, 1.807) is 0 Å². The van der Waals surface area contributed by atoms with Crippen LogP contribution >= 0.6 is 0 Å². The molecule has 4 nitrogen and oxygen atoms in total. The summed E-state index contributed by atoms with van der Waals surface area (Å²) in [6.07, 6.45) is 2.79. The van der Waals surface area contributed by atoms with Gasteiger partial charge in [-0.2, -0.15) is 5.26 Å². The summed E-state index contributed by atoms with van der Waals surface area (Å²) < 4.78 is 0. The Morgan fingerprint density at radius 2 is 1.94 bits per heavy atom. The molecule has 18 heavy (non-hydrogen) atoms. The number of rotatable bonds is 3. The summed E-state index contributed by atoms with van der Waals surface area (Å²) in [4.78, 5) is 14.7. The predicted octanol–water partition coefficient (Wildman–Crippen LogP) is 2.44. The van der Waals surface area contributed by atoms with Gasteiger partial charge in [-0.15, -0.1) is 0 Å². The fourth-order valence-electron chi connectivity index (χ4n) is 1.72. The van der Waals surface area contributed by atoms with Gasteiger partial charge in [0.2, 0.25) is 0 Å². The monoisotopic (exact) mass is 238 g/mol. The fraction of sp³-hybridized carbons (Fsp3) is 0.0714. The Bertz CT molecular complexity index is 603. The van der Waals surface area contributed by atoms with Crippen LogP contribution in [-0.2, 0) is 0 Å². The Morgan fingerprint density at radius 3 is 2.56 bits per heavy atom. The molecular formula is C14H10N2O2. The Hall–Kier alpha value is -2.67. The first-order chi connectivity index (χ1) is 8.72. The van der Waals surface area contributed by atoms with Gasteiger partial charge in [0.25, 0.3) is 0 Å². The molecule has 1 aromatic carbocycles. The Kier molecular flexibility index (Phi) is 3.35. The lowest BCUT2D eigenvalue weighted by molar-refractivity contribution is 0.0696. The Labute approximate surface area is 104 Å². The molecule has 2 rings (SSSR count). The lowest BCUT2D eigenvalue weighted by atomic mass is 9.93. The molecule has 1 aromatic heterocycles. The summed E-state index contributed by atoms with van der Waals surface area (Å²) in [5.41, 5.74) is 1.50. The van der Waals surface area contributed by atoms with E-state index >= 15 is 0 Å². The highest BCUT2D eigenvalue weighted by atomic mass is 16.4. The SMILES string of the molecule is N#CC(c1ccccc1)c1cncc(C(=O)O)c1. The molecule has 0 amide bonds. The minimum atomic E-state index is -1.05. The van der Waals surface area contributed by atoms with Crippen molar-refractivity contribution in [2.75, 3.05) is 0 Å². The molecule has 0 bridgehead atoms. The summed E-state index contributed by atoms with van der Waals surface area (Å²) in [5, 5.41) is 18.1. The third-order valence-electron chi connectivity index (χ3n) is 2.60. The third-order valence-corrected chi connectivity index (χ3v) is 2.60. The van der Waals surface area contributed by atoms with Crippen molar-refractivity contribution in [3.63, 3.8) is 0 Å². The second-order valence-electron chi connectivity index (χ2n) is 3.78. The number of nitriles is 1. The molecule has 0 aliphatic carbocycles. The molecule has 1 N–H and O–H groups in total. The molecule has 0 aliphatic heterocycles. The number of carboxylic acids is 1. The molecule has 1 atom stereocenters. The smallest absolute Gasteiger partial charge is 0.337 e. The van der Waals surface area contributed by atoms with Crippen LogP contribution < -0.4 is 0 Å². The Morgan fingerprint density at radius 1 is 1.22 bits per heavy atom. The standard InChI is InChI=1S/C14H10N2O2/c15-7-13(10-4-2-1-3-5-10)11-6-12(14(17)18)9-16-8-11/h1-6,8-9,13H,(H,17,18). The minimum absolute atomic E-state index is 0.0867. The number of aromatic nitrogens is 1. The van der Waals surface area contributed by atoms with Crippen LogP contribution in [0.3, 0.4) is 0 Å². The van der Waals surface area contributed by atoms with Gasteiger partial charge in [0.15, 0.2) is 0 Å². The van der Waals surface area contributed by atoms with Gasteiger partial charge in [-0.05, 0) is 17.2 Å². The number of benzene rings is 1. The molecule has 88 valence electrons. The number of carboxylic acid groups (broad SMARTS) is 1. The van der Waals surface area contributed by atoms with Crippen LogP contribution in [0.4, 0.5) is 0 Å². The molecular weight excluding hydrogens is 228 g/mol. The van der Waals surface area contributed by atoms with Crippen molar-refractivity contribution in [3.8, 4) is 6.07 Å². The zero-order valence-electron chi connectivity index (χ0n) is 9.45. The average Bonchev–Trinajstić information content (AvgIpc) is 2.41. The van der Waals surface area contributed by atoms with Gasteiger partial charge in [0.05, 0.1) is 17.6 Å². The summed E-state index contributed by atoms with van der Waals surface area (Å²) in [6.45, 7) is 0. The molecule has 0 radical (unpaired) electrons. The fourth-order valence-corrected chi connectivity index (χ4v) is 1.72. The number of pyridine rings is 1. The molecule has 0 aliphatic rings. The first-order valence-corrected chi connectivity index (χ1v) is 5.35. The summed E-state index contributed by atoms with van der Waals surface area (Å²) >= 11 is 0. The van der Waals surface area contributed by atoms with Crippen molar-refractivity contribution in [2.45, 2.75) is 5.92 Å². The molecule has 0 saturated heterocycles. The van der Waals surface area contributed by atoms with Crippen LogP contribution in [-0.4, -0.2) is 16.1 Å². The van der Waals surface area contributed by atoms with Gasteiger partial charge in [0, 0.05) is 12.4 Å². The minimum Gasteiger partial charge on any atom is -0.478 e. The lowest BCUT2D eigenvalue weighted by Crippen LogP contribution is -2.03. The van der Waals surface area contributed by atoms with Gasteiger partial charge in [-0.1, -0.05) is 30.3 Å². The van der Waals surface area contributed by atoms with E-state index in [4.69, 9.17) is 5.11 Å². The highest BCUT2D eigenvalue weighted by Crippen LogP contribution is 2.23. The number of aromatic carboxylic acids is 1. The molecule has 2 aromatic rings. The van der Waals surface area contributed by atoms with Gasteiger partial charge in [-0.3, -0.25) is 4.98 Å². The molecule has 0 spiro atoms. The van der Waals surface area contributed by atoms with Crippen molar-refractivity contribution < 1.29 is 9.90 Å². The molecule has 0 saturated carbocycles. The number of nitrogens with zero attached hydrogens (tertiary/aromatic N) is 2. The normalized spacial score (nSPS) is 11.5. The van der Waals surface area contributed by atoms with E-state index < -0.39 is 11.9 Å². The topological polar surface area (TPSA) is 74.0 Å². The van der Waals surface area contributed by atoms with Crippen molar-refractivity contribution in [1.29, 1.82) is 5.26 Å². The van der Waals surface area contributed by atoms with Gasteiger partial charge in [0.1, 0.15) is 0 Å². The quantitative estimate of drug-likeness (QED) is 0.891. The van der Waals surface area contributed by atoms with Crippen LogP contribution in [0.15, 0.2) is 48.8 Å². The van der Waals surface area contributed by atoms with Gasteiger partial charge >= 0.3 is 5.97 Å². The molecule has 1 heterocycles. The maximum absolute atomic E-state index is 10.9. The maximum Gasteiger partial charge on any atom is 0.337 e. The summed E-state index contributed by atoms with van der Waals surface area (Å²) in [7, 11) is 0. The zero-order chi connectivity index (χ0) is 13.0. The second-order valence-corrected chi connectivity index (χ2v) is 3.78. The van der Waals surface area contributed by atoms with E-state index in [-0.39, 0.29) is 5.56 Å². The van der Waals surface area contributed by atoms with E-state index in [1.807, 2.05) is 30.3 Å². The van der Waals surface area contributed by atoms with E-state index in [0.29, 0.717) is 5.56 Å². The van der Waals surface area contributed by atoms with E-state index in [9.17, 15) is 10.1 Å². The highest BCUT2D eigenvalue weighted by Gasteiger charge is 2.15. The van der Waals surface area contributed by atoms with E-state index in [0.717, 1.165) is 5.56 Å². The van der Waals surface area contributed by atoms with Crippen LogP contribution in [0, 0.1) is 11.3 Å². The van der Waals surface area contributed by atoms with Gasteiger partial charge < -0.3 is 5.11 Å². The van der Waals surface area contributed by atoms with Crippen molar-refractivity contribution in [3.05, 3.63) is 65.5 Å². The second kappa shape index (κ2) is 5.11. The van der Waals surface area contributed by atoms with Crippen LogP contribution in [0.2, 0.25) is 0 Å². The number of carbonyl (C=O) groups is 1. The van der Waals surface area contributed by atoms with Gasteiger partial charge in [-0.25, -0.2) is 4.79 Å². The van der Waals surface area contributed by atoms with Crippen LogP contribution in [0.5, 0.6) is 0 Å². The van der Waals surface area contributed by atoms with Crippen molar-refractivity contribution in [2.24, 2.45) is 0 Å².